The van der Waals surface area contributed by atoms with Crippen molar-refractivity contribution in [2.45, 2.75) is 76.6 Å². The Labute approximate surface area is 227 Å². The van der Waals surface area contributed by atoms with E-state index in [4.69, 9.17) is 9.47 Å². The summed E-state index contributed by atoms with van der Waals surface area (Å²) in [5.41, 5.74) is -2.10. The minimum atomic E-state index is -1.44. The summed E-state index contributed by atoms with van der Waals surface area (Å²) in [5.74, 6) is -0.573. The first-order chi connectivity index (χ1) is 18.4. The third kappa shape index (κ3) is 4.75. The number of likely N-dealkylation sites (tertiary alicyclic amines) is 2. The van der Waals surface area contributed by atoms with Crippen molar-refractivity contribution in [1.29, 1.82) is 5.26 Å². The maximum Gasteiger partial charge on any atom is 0.407 e. The summed E-state index contributed by atoms with van der Waals surface area (Å²) < 4.78 is 10.8. The quantitative estimate of drug-likeness (QED) is 0.591. The van der Waals surface area contributed by atoms with Crippen LogP contribution in [0.2, 0.25) is 0 Å². The number of carbonyl (C=O) groups excluding carboxylic acids is 4. The van der Waals surface area contributed by atoms with E-state index in [9.17, 15) is 24.4 Å². The van der Waals surface area contributed by atoms with Crippen LogP contribution in [0.25, 0.3) is 0 Å². The molecule has 0 unspecified atom stereocenters. The molecule has 3 aliphatic heterocycles. The number of amides is 4. The van der Waals surface area contributed by atoms with Gasteiger partial charge in [0.15, 0.2) is 11.6 Å². The summed E-state index contributed by atoms with van der Waals surface area (Å²) in [7, 11) is 1.23. The van der Waals surface area contributed by atoms with Crippen molar-refractivity contribution in [3.8, 4) is 11.8 Å². The van der Waals surface area contributed by atoms with Crippen molar-refractivity contribution in [1.82, 2.24) is 20.1 Å². The van der Waals surface area contributed by atoms with Crippen LogP contribution >= 0.6 is 0 Å². The van der Waals surface area contributed by atoms with Crippen LogP contribution in [-0.2, 0) is 19.1 Å². The van der Waals surface area contributed by atoms with Crippen LogP contribution in [0.3, 0.4) is 0 Å². The Morgan fingerprint density at radius 3 is 2.64 bits per heavy atom. The van der Waals surface area contributed by atoms with Crippen molar-refractivity contribution >= 4 is 29.6 Å². The maximum atomic E-state index is 14.2. The van der Waals surface area contributed by atoms with Gasteiger partial charge >= 0.3 is 6.09 Å². The topological polar surface area (TPSA) is 154 Å². The molecule has 2 spiro atoms. The monoisotopic (exact) mass is 538 g/mol. The zero-order valence-electron chi connectivity index (χ0n) is 22.7. The number of carbonyl (C=O) groups is 4. The summed E-state index contributed by atoms with van der Waals surface area (Å²) in [5, 5.41) is 15.4. The van der Waals surface area contributed by atoms with E-state index >= 15 is 0 Å². The Bertz CT molecular complexity index is 1250. The number of fused-ring (bicyclic) bond motifs is 1. The van der Waals surface area contributed by atoms with E-state index in [1.165, 1.54) is 23.1 Å². The maximum absolute atomic E-state index is 14.2. The van der Waals surface area contributed by atoms with Crippen LogP contribution in [0.5, 0.6) is 5.75 Å². The molecule has 1 aromatic rings. The molecule has 12 heteroatoms. The van der Waals surface area contributed by atoms with Gasteiger partial charge in [-0.25, -0.2) is 9.78 Å². The van der Waals surface area contributed by atoms with Gasteiger partial charge < -0.3 is 29.9 Å². The van der Waals surface area contributed by atoms with Crippen LogP contribution in [0.4, 0.5) is 10.6 Å². The van der Waals surface area contributed by atoms with E-state index in [2.05, 4.69) is 21.7 Å². The molecular formula is C27H34N6O6. The third-order valence-corrected chi connectivity index (χ3v) is 8.45. The number of methoxy groups -OCH3 is 1. The van der Waals surface area contributed by atoms with Gasteiger partial charge in [-0.15, -0.1) is 0 Å². The Hall–Kier alpha value is -3.88. The van der Waals surface area contributed by atoms with Crippen molar-refractivity contribution in [3.63, 3.8) is 0 Å². The molecule has 4 heterocycles. The highest BCUT2D eigenvalue weighted by atomic mass is 16.5. The highest BCUT2D eigenvalue weighted by Crippen LogP contribution is 2.55. The first kappa shape index (κ1) is 26.7. The highest BCUT2D eigenvalue weighted by molar-refractivity contribution is 6.01. The zero-order chi connectivity index (χ0) is 28.2. The number of pyridine rings is 1. The van der Waals surface area contributed by atoms with Crippen LogP contribution in [0.1, 0.15) is 52.9 Å². The Kier molecular flexibility index (Phi) is 6.44. The van der Waals surface area contributed by atoms with E-state index in [1.54, 1.807) is 12.1 Å². The number of hydrogen-bond donors (Lipinski definition) is 2. The number of rotatable bonds is 3. The molecule has 4 aliphatic rings. The molecular weight excluding hydrogens is 504 g/mol. The second-order valence-corrected chi connectivity index (χ2v) is 12.2. The number of nitrogens with zero attached hydrogens (tertiary/aromatic N) is 4. The second-order valence-electron chi connectivity index (χ2n) is 12.2. The van der Waals surface area contributed by atoms with Crippen molar-refractivity contribution in [2.75, 3.05) is 25.5 Å². The molecule has 0 radical (unpaired) electrons. The second kappa shape index (κ2) is 9.39. The third-order valence-electron chi connectivity index (χ3n) is 8.45. The molecule has 208 valence electrons. The lowest BCUT2D eigenvalue weighted by atomic mass is 9.82. The molecule has 4 amide bonds. The van der Waals surface area contributed by atoms with E-state index < -0.39 is 47.0 Å². The van der Waals surface area contributed by atoms with Crippen LogP contribution < -0.4 is 15.4 Å². The van der Waals surface area contributed by atoms with Crippen LogP contribution in [0, 0.1) is 22.2 Å². The van der Waals surface area contributed by atoms with Gasteiger partial charge in [0.05, 0.1) is 19.7 Å². The van der Waals surface area contributed by atoms with Gasteiger partial charge in [-0.2, -0.15) is 5.26 Å². The smallest absolute Gasteiger partial charge is 0.407 e. The fraction of sp³-hybridized carbons (Fsp3) is 0.630. The van der Waals surface area contributed by atoms with Gasteiger partial charge in [0, 0.05) is 19.2 Å². The molecule has 1 aromatic heterocycles. The molecule has 1 saturated carbocycles. The number of piperidine rings is 1. The van der Waals surface area contributed by atoms with Crippen molar-refractivity contribution < 1.29 is 28.7 Å². The Balaban J connectivity index is 1.43. The molecule has 5 rings (SSSR count). The number of nitrogens with one attached hydrogen (secondary N) is 2. The van der Waals surface area contributed by atoms with Crippen molar-refractivity contribution in [3.05, 3.63) is 18.3 Å². The summed E-state index contributed by atoms with van der Waals surface area (Å²) in [6, 6.07) is 2.85. The molecule has 4 atom stereocenters. The van der Waals surface area contributed by atoms with E-state index in [-0.39, 0.29) is 30.1 Å². The van der Waals surface area contributed by atoms with E-state index in [1.807, 2.05) is 20.8 Å². The number of alkyl carbamates (subject to hydrolysis) is 1. The van der Waals surface area contributed by atoms with E-state index in [0.29, 0.717) is 18.7 Å². The van der Waals surface area contributed by atoms with Gasteiger partial charge in [0.1, 0.15) is 18.1 Å². The fourth-order valence-corrected chi connectivity index (χ4v) is 5.94. The van der Waals surface area contributed by atoms with Gasteiger partial charge in [-0.05, 0) is 48.6 Å². The van der Waals surface area contributed by atoms with Gasteiger partial charge in [0.25, 0.3) is 5.91 Å². The minimum Gasteiger partial charge on any atom is -0.472 e. The molecule has 2 saturated heterocycles. The predicted molar refractivity (Wildman–Crippen MR) is 137 cm³/mol. The number of nitriles is 1. The molecule has 39 heavy (non-hydrogen) atoms. The molecule has 12 nitrogen and oxygen atoms in total. The standard InChI is InChI=1S/C27H34N6O6/c1-25(2,3)19(30-24(37)38-4)22(35)32-11-9-26(7-8-26)13-17(32)21(34)33-15-27(12-16(33)14-28)23(36)31-20-18(39-27)6-5-10-29-20/h5-6,10,16-17,19H,7-9,11-13,15H2,1-4H3,(H,30,37)(H,29,31,36)/t16-,17-,19+,27+/m0/s1. The lowest BCUT2D eigenvalue weighted by Crippen LogP contribution is -2.62. The largest absolute Gasteiger partial charge is 0.472 e. The Morgan fingerprint density at radius 1 is 1.26 bits per heavy atom. The highest BCUT2D eigenvalue weighted by Gasteiger charge is 2.59. The zero-order valence-corrected chi connectivity index (χ0v) is 22.7. The number of anilines is 1. The minimum absolute atomic E-state index is 0.00424. The molecule has 1 aliphatic carbocycles. The average molecular weight is 539 g/mol. The molecule has 2 N–H and O–H groups in total. The number of hydrogen-bond acceptors (Lipinski definition) is 8. The number of aromatic nitrogens is 1. The Morgan fingerprint density at radius 2 is 2.00 bits per heavy atom. The SMILES string of the molecule is COC(=O)N[C@H](C(=O)N1CCC2(CC2)C[C@H]1C(=O)N1C[C@@]2(C[C@H]1C#N)Oc1cccnc1NC2=O)C(C)(C)C. The summed E-state index contributed by atoms with van der Waals surface area (Å²) in [6.45, 7) is 5.72. The number of ether oxygens (including phenoxy) is 2. The van der Waals surface area contributed by atoms with Gasteiger partial charge in [-0.3, -0.25) is 14.4 Å². The predicted octanol–water partition coefficient (Wildman–Crippen LogP) is 1.82. The summed E-state index contributed by atoms with van der Waals surface area (Å²) in [6.07, 6.45) is 3.97. The lowest BCUT2D eigenvalue weighted by Gasteiger charge is -2.44. The average Bonchev–Trinajstić information content (AvgIpc) is 3.55. The van der Waals surface area contributed by atoms with Crippen LogP contribution in [0.15, 0.2) is 18.3 Å². The van der Waals surface area contributed by atoms with E-state index in [0.717, 1.165) is 19.3 Å². The summed E-state index contributed by atoms with van der Waals surface area (Å²) in [4.78, 5) is 60.4. The van der Waals surface area contributed by atoms with Crippen molar-refractivity contribution in [2.24, 2.45) is 10.8 Å². The van der Waals surface area contributed by atoms with Gasteiger partial charge in [-0.1, -0.05) is 20.8 Å². The molecule has 3 fully saturated rings. The van der Waals surface area contributed by atoms with Crippen LogP contribution in [-0.4, -0.2) is 82.5 Å². The first-order valence-electron chi connectivity index (χ1n) is 13.2. The first-order valence-corrected chi connectivity index (χ1v) is 13.2. The summed E-state index contributed by atoms with van der Waals surface area (Å²) >= 11 is 0. The normalized spacial score (nSPS) is 27.6. The molecule has 0 aromatic carbocycles. The lowest BCUT2D eigenvalue weighted by molar-refractivity contribution is -0.152. The fourth-order valence-electron chi connectivity index (χ4n) is 5.94. The molecule has 0 bridgehead atoms. The van der Waals surface area contributed by atoms with Gasteiger partial charge in [0.2, 0.25) is 17.4 Å².